The number of rotatable bonds is 4. The Morgan fingerprint density at radius 1 is 1.27 bits per heavy atom. The number of ketones is 2. The summed E-state index contributed by atoms with van der Waals surface area (Å²) in [4.78, 5) is 26.7. The molecular formula is C22H34O3S. The third-order valence-corrected chi connectivity index (χ3v) is 8.79. The minimum Gasteiger partial charge on any atom is -0.367 e. The van der Waals surface area contributed by atoms with Gasteiger partial charge >= 0.3 is 0 Å². The molecule has 0 aromatic rings. The Kier molecular flexibility index (Phi) is 5.24. The highest BCUT2D eigenvalue weighted by atomic mass is 32.2. The molecule has 4 heteroatoms. The lowest BCUT2D eigenvalue weighted by Gasteiger charge is -2.60. The van der Waals surface area contributed by atoms with Crippen molar-refractivity contribution in [1.82, 2.24) is 0 Å². The zero-order chi connectivity index (χ0) is 19.3. The van der Waals surface area contributed by atoms with Crippen molar-refractivity contribution in [3.05, 3.63) is 12.7 Å². The first kappa shape index (κ1) is 20.1. The molecule has 3 fully saturated rings. The maximum Gasteiger partial charge on any atom is 0.145 e. The summed E-state index contributed by atoms with van der Waals surface area (Å²) in [5, 5.41) is 0. The Balaban J connectivity index is 2.20. The maximum atomic E-state index is 13.6. The van der Waals surface area contributed by atoms with Gasteiger partial charge in [-0.25, -0.2) is 0 Å². The van der Waals surface area contributed by atoms with Gasteiger partial charge in [-0.05, 0) is 50.2 Å². The summed E-state index contributed by atoms with van der Waals surface area (Å²) >= 11 is 1.65. The second kappa shape index (κ2) is 6.77. The summed E-state index contributed by atoms with van der Waals surface area (Å²) < 4.78 is 6.37. The minimum absolute atomic E-state index is 0.0566. The number of carbonyl (C=O) groups is 2. The van der Waals surface area contributed by atoms with Gasteiger partial charge in [-0.3, -0.25) is 9.59 Å². The van der Waals surface area contributed by atoms with Gasteiger partial charge in [0.15, 0.2) is 0 Å². The molecule has 3 unspecified atom stereocenters. The maximum absolute atomic E-state index is 13.6. The number of ether oxygens (including phenoxy) is 1. The third-order valence-electron chi connectivity index (χ3n) is 8.42. The molecule has 3 aliphatic carbocycles. The van der Waals surface area contributed by atoms with E-state index in [4.69, 9.17) is 4.74 Å². The molecule has 3 aliphatic rings. The molecule has 0 aromatic heterocycles. The Bertz CT molecular complexity index is 617. The minimum atomic E-state index is -0.593. The SMILES string of the molecule is C=C[C@]1(C)C[C@@H](OCSC)C2(C)C(C)CCC3(CCC(=O)[C@H]32)[C@@H](C)C1=O. The highest BCUT2D eigenvalue weighted by Gasteiger charge is 2.67. The van der Waals surface area contributed by atoms with Crippen LogP contribution in [0.25, 0.3) is 0 Å². The molecule has 0 aliphatic heterocycles. The van der Waals surface area contributed by atoms with Gasteiger partial charge in [-0.2, -0.15) is 0 Å². The summed E-state index contributed by atoms with van der Waals surface area (Å²) in [5.74, 6) is 1.45. The fourth-order valence-corrected chi connectivity index (χ4v) is 6.80. The first-order valence-electron chi connectivity index (χ1n) is 9.98. The molecule has 0 amide bonds. The van der Waals surface area contributed by atoms with Gasteiger partial charge in [-0.15, -0.1) is 18.3 Å². The zero-order valence-corrected chi connectivity index (χ0v) is 17.8. The van der Waals surface area contributed by atoms with Crippen LogP contribution >= 0.6 is 11.8 Å². The fourth-order valence-electron chi connectivity index (χ4n) is 6.50. The van der Waals surface area contributed by atoms with Gasteiger partial charge in [0, 0.05) is 29.1 Å². The normalized spacial score (nSPS) is 48.7. The lowest BCUT2D eigenvalue weighted by molar-refractivity contribution is -0.182. The number of hydrogen-bond donors (Lipinski definition) is 0. The van der Waals surface area contributed by atoms with E-state index in [-0.39, 0.29) is 34.6 Å². The van der Waals surface area contributed by atoms with E-state index in [1.165, 1.54) is 0 Å². The van der Waals surface area contributed by atoms with Crippen molar-refractivity contribution in [3.63, 3.8) is 0 Å². The third kappa shape index (κ3) is 2.58. The summed E-state index contributed by atoms with van der Waals surface area (Å²) in [7, 11) is 0. The molecule has 26 heavy (non-hydrogen) atoms. The summed E-state index contributed by atoms with van der Waals surface area (Å²) in [5.41, 5.74) is -1.01. The first-order valence-corrected chi connectivity index (χ1v) is 11.4. The van der Waals surface area contributed by atoms with Crippen molar-refractivity contribution >= 4 is 23.3 Å². The lowest BCUT2D eigenvalue weighted by Crippen LogP contribution is -2.62. The number of thioether (sulfide) groups is 1. The Morgan fingerprint density at radius 2 is 1.96 bits per heavy atom. The second-order valence-corrected chi connectivity index (χ2v) is 10.2. The Labute approximate surface area is 162 Å². The van der Waals surface area contributed by atoms with Crippen LogP contribution in [0.15, 0.2) is 12.7 Å². The van der Waals surface area contributed by atoms with Crippen molar-refractivity contribution in [2.45, 2.75) is 65.9 Å². The van der Waals surface area contributed by atoms with E-state index in [1.807, 2.05) is 19.3 Å². The number of hydrogen-bond acceptors (Lipinski definition) is 4. The molecular weight excluding hydrogens is 344 g/mol. The van der Waals surface area contributed by atoms with Crippen molar-refractivity contribution in [3.8, 4) is 0 Å². The smallest absolute Gasteiger partial charge is 0.145 e. The molecule has 0 heterocycles. The molecule has 3 rings (SSSR count). The second-order valence-electron chi connectivity index (χ2n) is 9.41. The topological polar surface area (TPSA) is 43.4 Å². The predicted octanol–water partition coefficient (Wildman–Crippen LogP) is 4.90. The summed E-state index contributed by atoms with van der Waals surface area (Å²) in [6.45, 7) is 12.7. The van der Waals surface area contributed by atoms with Crippen LogP contribution in [0.5, 0.6) is 0 Å². The van der Waals surface area contributed by atoms with Gasteiger partial charge in [0.25, 0.3) is 0 Å². The Morgan fingerprint density at radius 3 is 2.58 bits per heavy atom. The van der Waals surface area contributed by atoms with Crippen LogP contribution in [0.1, 0.15) is 59.8 Å². The summed E-state index contributed by atoms with van der Waals surface area (Å²) in [6.07, 6.45) is 7.91. The van der Waals surface area contributed by atoms with Crippen LogP contribution in [0.2, 0.25) is 0 Å². The number of allylic oxidation sites excluding steroid dienone is 1. The van der Waals surface area contributed by atoms with Gasteiger partial charge in [-0.1, -0.05) is 26.8 Å². The predicted molar refractivity (Wildman–Crippen MR) is 107 cm³/mol. The number of Topliss-reactive ketones (excluding diaryl/α,β-unsaturated/α-hetero) is 2. The van der Waals surface area contributed by atoms with Crippen LogP contribution < -0.4 is 0 Å². The van der Waals surface area contributed by atoms with Crippen LogP contribution in [-0.4, -0.2) is 29.9 Å². The fraction of sp³-hybridized carbons (Fsp3) is 0.818. The van der Waals surface area contributed by atoms with Gasteiger partial charge in [0.05, 0.1) is 12.0 Å². The quantitative estimate of drug-likeness (QED) is 0.516. The highest BCUT2D eigenvalue weighted by Crippen LogP contribution is 2.67. The van der Waals surface area contributed by atoms with Gasteiger partial charge in [0.1, 0.15) is 11.6 Å². The molecule has 146 valence electrons. The molecule has 0 aromatic carbocycles. The zero-order valence-electron chi connectivity index (χ0n) is 17.0. The molecule has 0 saturated heterocycles. The summed E-state index contributed by atoms with van der Waals surface area (Å²) in [6, 6.07) is 0. The monoisotopic (exact) mass is 378 g/mol. The van der Waals surface area contributed by atoms with Crippen LogP contribution in [-0.2, 0) is 14.3 Å². The van der Waals surface area contributed by atoms with Crippen LogP contribution in [0, 0.1) is 34.0 Å². The van der Waals surface area contributed by atoms with Crippen molar-refractivity contribution in [1.29, 1.82) is 0 Å². The standard InChI is InChI=1S/C22H34O3S/c1-7-20(4)12-17(25-13-26-6)21(5)14(2)8-10-22(15(3)19(20)24)11-9-16(23)18(21)22/h7,14-15,17-18H,1,8-13H2,2-6H3/t14?,15-,17+,18-,20+,21?,22?/m0/s1. The Hall–Kier alpha value is -0.610. The molecule has 0 N–H and O–H groups in total. The van der Waals surface area contributed by atoms with Gasteiger partial charge in [0.2, 0.25) is 0 Å². The molecule has 3 nitrogen and oxygen atoms in total. The average molecular weight is 379 g/mol. The van der Waals surface area contributed by atoms with Gasteiger partial charge < -0.3 is 4.74 Å². The van der Waals surface area contributed by atoms with Crippen LogP contribution in [0.4, 0.5) is 0 Å². The van der Waals surface area contributed by atoms with E-state index in [0.29, 0.717) is 30.5 Å². The van der Waals surface area contributed by atoms with E-state index >= 15 is 0 Å². The van der Waals surface area contributed by atoms with E-state index in [9.17, 15) is 9.59 Å². The molecule has 7 atom stereocenters. The molecule has 0 spiro atoms. The van der Waals surface area contributed by atoms with Crippen molar-refractivity contribution in [2.75, 3.05) is 12.2 Å². The molecule has 0 radical (unpaired) electrons. The molecule has 2 bridgehead atoms. The average Bonchev–Trinajstić information content (AvgIpc) is 2.98. The highest BCUT2D eigenvalue weighted by molar-refractivity contribution is 7.98. The largest absolute Gasteiger partial charge is 0.367 e. The van der Waals surface area contributed by atoms with E-state index in [2.05, 4.69) is 27.4 Å². The first-order chi connectivity index (χ1) is 12.2. The number of carbonyl (C=O) groups excluding carboxylic acids is 2. The van der Waals surface area contributed by atoms with E-state index in [1.54, 1.807) is 11.8 Å². The lowest BCUT2D eigenvalue weighted by atomic mass is 9.44. The van der Waals surface area contributed by atoms with Crippen molar-refractivity contribution < 1.29 is 14.3 Å². The van der Waals surface area contributed by atoms with Crippen molar-refractivity contribution in [2.24, 2.45) is 34.0 Å². The van der Waals surface area contributed by atoms with E-state index in [0.717, 1.165) is 19.3 Å². The molecule has 3 saturated carbocycles. The van der Waals surface area contributed by atoms with E-state index < -0.39 is 5.41 Å². The van der Waals surface area contributed by atoms with Crippen LogP contribution in [0.3, 0.4) is 0 Å².